The van der Waals surface area contributed by atoms with Gasteiger partial charge in [0, 0.05) is 20.6 Å². The van der Waals surface area contributed by atoms with Crippen molar-refractivity contribution in [2.45, 2.75) is 103 Å². The fourth-order valence-electron chi connectivity index (χ4n) is 3.76. The average Bonchev–Trinajstić information content (AvgIpc) is 3.21. The predicted octanol–water partition coefficient (Wildman–Crippen LogP) is 3.75. The van der Waals surface area contributed by atoms with E-state index in [9.17, 15) is 4.79 Å². The highest BCUT2D eigenvalue weighted by Gasteiger charge is 2.52. The van der Waals surface area contributed by atoms with Gasteiger partial charge in [0.1, 0.15) is 6.73 Å². The summed E-state index contributed by atoms with van der Waals surface area (Å²) in [5.74, 6) is -0.414. The summed E-state index contributed by atoms with van der Waals surface area (Å²) >= 11 is 0. The van der Waals surface area contributed by atoms with Crippen LogP contribution >= 0.6 is 0 Å². The minimum absolute atomic E-state index is 0.243. The van der Waals surface area contributed by atoms with E-state index in [1.54, 1.807) is 4.68 Å². The molecule has 0 aliphatic carbocycles. The highest BCUT2D eigenvalue weighted by Crippen LogP contribution is 2.41. The SMILES string of the molecule is CCCC(C(=O)OC)[C@H](CB1OC(C)(C)C(C)(C)O1)c1nnnn1COCC[Si](C)(C)C. The Morgan fingerprint density at radius 3 is 2.34 bits per heavy atom. The van der Waals surface area contributed by atoms with Crippen molar-refractivity contribution in [3.05, 3.63) is 5.82 Å². The molecule has 2 rings (SSSR count). The Hall–Kier alpha value is -1.30. The van der Waals surface area contributed by atoms with Gasteiger partial charge in [0.2, 0.25) is 0 Å². The van der Waals surface area contributed by atoms with Crippen LogP contribution < -0.4 is 0 Å². The first-order chi connectivity index (χ1) is 14.8. The maximum Gasteiger partial charge on any atom is 0.458 e. The largest absolute Gasteiger partial charge is 0.469 e. The van der Waals surface area contributed by atoms with Gasteiger partial charge < -0.3 is 18.8 Å². The second kappa shape index (κ2) is 10.8. The number of hydrogen-bond donors (Lipinski definition) is 0. The minimum Gasteiger partial charge on any atom is -0.469 e. The van der Waals surface area contributed by atoms with Crippen LogP contribution in [0, 0.1) is 5.92 Å². The summed E-state index contributed by atoms with van der Waals surface area (Å²) < 4.78 is 25.1. The highest BCUT2D eigenvalue weighted by atomic mass is 28.3. The fourth-order valence-corrected chi connectivity index (χ4v) is 4.52. The van der Waals surface area contributed by atoms with Gasteiger partial charge in [-0.2, -0.15) is 0 Å². The number of carbonyl (C=O) groups is 1. The molecule has 1 aliphatic heterocycles. The molecular formula is C21H41BN4O5Si. The van der Waals surface area contributed by atoms with Crippen LogP contribution in [-0.2, 0) is 30.3 Å². The molecule has 9 nitrogen and oxygen atoms in total. The molecule has 0 N–H and O–H groups in total. The van der Waals surface area contributed by atoms with E-state index in [1.165, 1.54) is 7.11 Å². The zero-order chi connectivity index (χ0) is 24.2. The Bertz CT molecular complexity index is 737. The Balaban J connectivity index is 2.26. The zero-order valence-corrected chi connectivity index (χ0v) is 22.3. The molecule has 1 aliphatic rings. The lowest BCUT2D eigenvalue weighted by molar-refractivity contribution is -0.146. The molecule has 1 saturated heterocycles. The molecule has 1 aromatic rings. The molecule has 182 valence electrons. The van der Waals surface area contributed by atoms with Crippen molar-refractivity contribution < 1.29 is 23.6 Å². The number of ether oxygens (including phenoxy) is 2. The first-order valence-electron chi connectivity index (χ1n) is 11.6. The Morgan fingerprint density at radius 1 is 1.19 bits per heavy atom. The molecule has 0 saturated carbocycles. The van der Waals surface area contributed by atoms with Gasteiger partial charge in [-0.3, -0.25) is 4.79 Å². The third-order valence-corrected chi connectivity index (χ3v) is 8.14. The number of methoxy groups -OCH3 is 1. The van der Waals surface area contributed by atoms with Gasteiger partial charge in [0.25, 0.3) is 0 Å². The monoisotopic (exact) mass is 468 g/mol. The molecule has 1 unspecified atom stereocenters. The number of esters is 1. The predicted molar refractivity (Wildman–Crippen MR) is 126 cm³/mol. The molecule has 11 heteroatoms. The van der Waals surface area contributed by atoms with Crippen molar-refractivity contribution in [3.63, 3.8) is 0 Å². The number of rotatable bonds is 12. The smallest absolute Gasteiger partial charge is 0.458 e. The van der Waals surface area contributed by atoms with Crippen molar-refractivity contribution >= 4 is 21.2 Å². The van der Waals surface area contributed by atoms with E-state index in [2.05, 4.69) is 35.2 Å². The van der Waals surface area contributed by atoms with E-state index in [4.69, 9.17) is 18.8 Å². The van der Waals surface area contributed by atoms with Crippen LogP contribution in [0.15, 0.2) is 0 Å². The van der Waals surface area contributed by atoms with E-state index in [0.717, 1.165) is 12.5 Å². The second-order valence-electron chi connectivity index (χ2n) is 10.8. The summed E-state index contributed by atoms with van der Waals surface area (Å²) in [6.45, 7) is 17.9. The molecule has 0 radical (unpaired) electrons. The van der Waals surface area contributed by atoms with E-state index in [0.29, 0.717) is 25.2 Å². The molecule has 1 fully saturated rings. The van der Waals surface area contributed by atoms with Gasteiger partial charge in [-0.1, -0.05) is 33.0 Å². The fraction of sp³-hybridized carbons (Fsp3) is 0.905. The summed E-state index contributed by atoms with van der Waals surface area (Å²) in [6, 6.07) is 1.06. The third kappa shape index (κ3) is 6.85. The van der Waals surface area contributed by atoms with Crippen molar-refractivity contribution in [1.29, 1.82) is 0 Å². The van der Waals surface area contributed by atoms with Crippen LogP contribution in [0.5, 0.6) is 0 Å². The lowest BCUT2D eigenvalue weighted by Gasteiger charge is -2.32. The van der Waals surface area contributed by atoms with Crippen molar-refractivity contribution in [2.24, 2.45) is 5.92 Å². The van der Waals surface area contributed by atoms with Crippen LogP contribution in [0.3, 0.4) is 0 Å². The van der Waals surface area contributed by atoms with Crippen LogP contribution in [-0.4, -0.2) is 66.3 Å². The van der Waals surface area contributed by atoms with E-state index in [1.807, 2.05) is 34.6 Å². The maximum atomic E-state index is 12.7. The number of nitrogens with zero attached hydrogens (tertiary/aromatic N) is 4. The van der Waals surface area contributed by atoms with Gasteiger partial charge in [0.05, 0.1) is 24.2 Å². The number of aromatic nitrogens is 4. The molecule has 0 aromatic carbocycles. The molecule has 2 atom stereocenters. The topological polar surface area (TPSA) is 97.6 Å². The first-order valence-corrected chi connectivity index (χ1v) is 15.3. The summed E-state index contributed by atoms with van der Waals surface area (Å²) in [7, 11) is -0.259. The first kappa shape index (κ1) is 27.0. The third-order valence-electron chi connectivity index (χ3n) is 6.44. The van der Waals surface area contributed by atoms with E-state index < -0.39 is 32.3 Å². The Morgan fingerprint density at radius 2 is 1.81 bits per heavy atom. The van der Waals surface area contributed by atoms with Gasteiger partial charge in [0.15, 0.2) is 5.82 Å². The molecule has 0 amide bonds. The maximum absolute atomic E-state index is 12.7. The number of carbonyl (C=O) groups excluding carboxylic acids is 1. The summed E-state index contributed by atoms with van der Waals surface area (Å²) in [5.41, 5.74) is -0.917. The minimum atomic E-state index is -1.20. The summed E-state index contributed by atoms with van der Waals surface area (Å²) in [4.78, 5) is 12.7. The van der Waals surface area contributed by atoms with E-state index >= 15 is 0 Å². The lowest BCUT2D eigenvalue weighted by Crippen LogP contribution is -2.41. The van der Waals surface area contributed by atoms with E-state index in [-0.39, 0.29) is 18.6 Å². The molecule has 0 spiro atoms. The van der Waals surface area contributed by atoms with Gasteiger partial charge >= 0.3 is 13.1 Å². The Kier molecular flexibility index (Phi) is 9.06. The van der Waals surface area contributed by atoms with Crippen molar-refractivity contribution in [3.8, 4) is 0 Å². The van der Waals surface area contributed by atoms with Crippen molar-refractivity contribution in [2.75, 3.05) is 13.7 Å². The van der Waals surface area contributed by atoms with Gasteiger partial charge in [-0.15, -0.1) is 5.10 Å². The molecule has 0 bridgehead atoms. The Labute approximate surface area is 194 Å². The van der Waals surface area contributed by atoms with Crippen LogP contribution in [0.1, 0.15) is 59.2 Å². The molecule has 1 aromatic heterocycles. The van der Waals surface area contributed by atoms with Crippen LogP contribution in [0.4, 0.5) is 0 Å². The number of tetrazole rings is 1. The van der Waals surface area contributed by atoms with Gasteiger partial charge in [-0.05, 0) is 56.9 Å². The quantitative estimate of drug-likeness (QED) is 0.260. The lowest BCUT2D eigenvalue weighted by atomic mass is 9.71. The molecule has 32 heavy (non-hydrogen) atoms. The second-order valence-corrected chi connectivity index (χ2v) is 16.5. The zero-order valence-electron chi connectivity index (χ0n) is 21.3. The normalized spacial score (nSPS) is 19.7. The van der Waals surface area contributed by atoms with Gasteiger partial charge in [-0.25, -0.2) is 4.68 Å². The van der Waals surface area contributed by atoms with Crippen LogP contribution in [0.2, 0.25) is 32.0 Å². The molecular weight excluding hydrogens is 427 g/mol. The van der Waals surface area contributed by atoms with Crippen molar-refractivity contribution in [1.82, 2.24) is 20.2 Å². The number of hydrogen-bond acceptors (Lipinski definition) is 8. The average molecular weight is 468 g/mol. The molecule has 2 heterocycles. The highest BCUT2D eigenvalue weighted by molar-refractivity contribution is 6.76. The standard InChI is InChI=1S/C21H41BN4O5Si/c1-10-11-16(19(27)28-6)17(14-22-30-20(2,3)21(4,5)31-22)18-23-24-25-26(18)15-29-12-13-32(7,8)9/h16-17H,10-15H2,1-9H3/t16?,17-/m0/s1. The van der Waals surface area contributed by atoms with Crippen LogP contribution in [0.25, 0.3) is 0 Å². The summed E-state index contributed by atoms with van der Waals surface area (Å²) in [5, 5.41) is 12.3. The summed E-state index contributed by atoms with van der Waals surface area (Å²) in [6.07, 6.45) is 1.93.